The molecule has 3 rings (SSSR count). The van der Waals surface area contributed by atoms with Crippen molar-refractivity contribution in [2.24, 2.45) is 5.92 Å². The molecule has 1 saturated carbocycles. The van der Waals surface area contributed by atoms with E-state index in [0.29, 0.717) is 34.3 Å². The molecule has 2 aromatic carbocycles. The molecule has 2 aromatic rings. The Morgan fingerprint density at radius 2 is 1.68 bits per heavy atom. The summed E-state index contributed by atoms with van der Waals surface area (Å²) >= 11 is -1.08. The number of carbonyl (C=O) groups excluding carboxylic acids is 1. The maximum Gasteiger partial charge on any atom is 0.427 e. The van der Waals surface area contributed by atoms with Gasteiger partial charge in [0.05, 0.1) is 6.42 Å². The standard InChI is InChI=1S/C21H20F5NO3S/c22-19(23)20(29,21(24,25)26)15-5-7-16(8-6-15)27-18(28)11-13-3-9-17(10-4-13)31(30)12-14-1-2-14/h3-10,14,19,29H,1-2,11-12H2,(H,27,28)/t20-,31?/m0/s1. The number of alkyl halides is 5. The Labute approximate surface area is 178 Å². The van der Waals surface area contributed by atoms with E-state index in [-0.39, 0.29) is 12.1 Å². The molecule has 2 N–H and O–H groups in total. The van der Waals surface area contributed by atoms with Crippen LogP contribution in [0.2, 0.25) is 0 Å². The van der Waals surface area contributed by atoms with Gasteiger partial charge < -0.3 is 15.0 Å². The lowest BCUT2D eigenvalue weighted by atomic mass is 9.93. The number of hydrogen-bond donors (Lipinski definition) is 2. The molecule has 1 fully saturated rings. The average molecular weight is 461 g/mol. The first-order chi connectivity index (χ1) is 14.5. The maximum absolute atomic E-state index is 12.9. The van der Waals surface area contributed by atoms with Crippen LogP contribution in [-0.4, -0.2) is 33.9 Å². The minimum Gasteiger partial charge on any atom is -0.611 e. The summed E-state index contributed by atoms with van der Waals surface area (Å²) in [5.74, 6) is 0.676. The van der Waals surface area contributed by atoms with E-state index in [9.17, 15) is 36.4 Å². The van der Waals surface area contributed by atoms with Crippen molar-refractivity contribution in [3.63, 3.8) is 0 Å². The molecule has 4 nitrogen and oxygen atoms in total. The normalized spacial score (nSPS) is 17.3. The Morgan fingerprint density at radius 3 is 2.16 bits per heavy atom. The Balaban J connectivity index is 1.60. The molecule has 0 aromatic heterocycles. The van der Waals surface area contributed by atoms with E-state index in [1.807, 2.05) is 0 Å². The van der Waals surface area contributed by atoms with Crippen LogP contribution in [0.25, 0.3) is 0 Å². The van der Waals surface area contributed by atoms with Gasteiger partial charge in [-0.05, 0) is 59.4 Å². The van der Waals surface area contributed by atoms with Gasteiger partial charge in [-0.15, -0.1) is 0 Å². The molecule has 0 heterocycles. The molecule has 10 heteroatoms. The van der Waals surface area contributed by atoms with Gasteiger partial charge in [0.25, 0.3) is 6.43 Å². The minimum atomic E-state index is -5.57. The summed E-state index contributed by atoms with van der Waals surface area (Å²) in [6.07, 6.45) is -7.48. The van der Waals surface area contributed by atoms with Gasteiger partial charge in [-0.25, -0.2) is 8.78 Å². The van der Waals surface area contributed by atoms with E-state index in [1.165, 1.54) is 0 Å². The first-order valence-electron chi connectivity index (χ1n) is 9.45. The largest absolute Gasteiger partial charge is 0.611 e. The van der Waals surface area contributed by atoms with Crippen LogP contribution in [0.4, 0.5) is 27.6 Å². The summed E-state index contributed by atoms with van der Waals surface area (Å²) in [5.41, 5.74) is -4.58. The molecular weight excluding hydrogens is 441 g/mol. The van der Waals surface area contributed by atoms with Crippen molar-refractivity contribution in [2.45, 2.75) is 42.4 Å². The van der Waals surface area contributed by atoms with Gasteiger partial charge in [0.15, 0.2) is 4.90 Å². The topological polar surface area (TPSA) is 72.4 Å². The number of anilines is 1. The van der Waals surface area contributed by atoms with Gasteiger partial charge >= 0.3 is 6.18 Å². The predicted molar refractivity (Wildman–Crippen MR) is 105 cm³/mol. The number of rotatable bonds is 8. The molecule has 1 amide bonds. The smallest absolute Gasteiger partial charge is 0.427 e. The fraction of sp³-hybridized carbons (Fsp3) is 0.381. The Hall–Kier alpha value is -2.17. The fourth-order valence-electron chi connectivity index (χ4n) is 2.97. The van der Waals surface area contributed by atoms with Gasteiger partial charge in [-0.2, -0.15) is 13.2 Å². The number of benzene rings is 2. The van der Waals surface area contributed by atoms with Crippen molar-refractivity contribution in [3.05, 3.63) is 59.7 Å². The SMILES string of the molecule is O=C(Cc1ccc([S+]([O-])CC2CC2)cc1)Nc1ccc([C@](O)(C(F)F)C(F)(F)F)cc1. The molecule has 0 spiro atoms. The van der Waals surface area contributed by atoms with Gasteiger partial charge in [0.2, 0.25) is 11.5 Å². The van der Waals surface area contributed by atoms with Crippen LogP contribution >= 0.6 is 0 Å². The summed E-state index contributed by atoms with van der Waals surface area (Å²) in [6, 6.07) is 10.1. The molecular formula is C21H20F5NO3S. The summed E-state index contributed by atoms with van der Waals surface area (Å²) in [5, 5.41) is 12.0. The molecule has 0 saturated heterocycles. The van der Waals surface area contributed by atoms with Crippen LogP contribution < -0.4 is 5.32 Å². The van der Waals surface area contributed by atoms with Crippen LogP contribution in [0.5, 0.6) is 0 Å². The van der Waals surface area contributed by atoms with Crippen LogP contribution in [0.15, 0.2) is 53.4 Å². The van der Waals surface area contributed by atoms with E-state index in [1.54, 1.807) is 24.3 Å². The molecule has 1 unspecified atom stereocenters. The van der Waals surface area contributed by atoms with Gasteiger partial charge in [-0.3, -0.25) is 4.79 Å². The lowest BCUT2D eigenvalue weighted by Gasteiger charge is -2.30. The van der Waals surface area contributed by atoms with Gasteiger partial charge in [0, 0.05) is 11.6 Å². The van der Waals surface area contributed by atoms with Crippen LogP contribution in [0.3, 0.4) is 0 Å². The number of aliphatic hydroxyl groups is 1. The summed E-state index contributed by atoms with van der Waals surface area (Å²) in [6.45, 7) is 0. The summed E-state index contributed by atoms with van der Waals surface area (Å²) in [4.78, 5) is 12.9. The summed E-state index contributed by atoms with van der Waals surface area (Å²) < 4.78 is 76.7. The van der Waals surface area contributed by atoms with Gasteiger partial charge in [-0.1, -0.05) is 24.3 Å². The van der Waals surface area contributed by atoms with E-state index < -0.39 is 40.8 Å². The van der Waals surface area contributed by atoms with Crippen LogP contribution in [0, 0.1) is 5.92 Å². The molecule has 0 bridgehead atoms. The second kappa shape index (κ2) is 9.13. The average Bonchev–Trinajstić information content (AvgIpc) is 3.51. The number of nitrogens with one attached hydrogen (secondary N) is 1. The second-order valence-electron chi connectivity index (χ2n) is 7.47. The minimum absolute atomic E-state index is 0.0409. The van der Waals surface area contributed by atoms with Crippen molar-refractivity contribution in [1.82, 2.24) is 0 Å². The highest BCUT2D eigenvalue weighted by molar-refractivity contribution is 7.91. The maximum atomic E-state index is 12.9. The first kappa shape index (κ1) is 23.5. The third kappa shape index (κ3) is 5.55. The van der Waals surface area contributed by atoms with Crippen LogP contribution in [0.1, 0.15) is 24.0 Å². The van der Waals surface area contributed by atoms with Crippen molar-refractivity contribution >= 4 is 22.8 Å². The zero-order valence-corrected chi connectivity index (χ0v) is 17.0. The quantitative estimate of drug-likeness (QED) is 0.452. The monoisotopic (exact) mass is 461 g/mol. The number of hydrogen-bond acceptors (Lipinski definition) is 3. The number of carbonyl (C=O) groups is 1. The molecule has 0 radical (unpaired) electrons. The van der Waals surface area contributed by atoms with Crippen molar-refractivity contribution in [3.8, 4) is 0 Å². The Kier molecular flexibility index (Phi) is 6.92. The lowest BCUT2D eigenvalue weighted by Crippen LogP contribution is -2.48. The third-order valence-corrected chi connectivity index (χ3v) is 6.56. The van der Waals surface area contributed by atoms with E-state index >= 15 is 0 Å². The number of halogens is 5. The van der Waals surface area contributed by atoms with Crippen molar-refractivity contribution in [1.29, 1.82) is 0 Å². The molecule has 1 aliphatic rings. The van der Waals surface area contributed by atoms with Crippen LogP contribution in [-0.2, 0) is 28.0 Å². The van der Waals surface area contributed by atoms with E-state index in [0.717, 1.165) is 25.0 Å². The molecule has 0 aliphatic heterocycles. The Bertz CT molecular complexity index is 901. The predicted octanol–water partition coefficient (Wildman–Crippen LogP) is 4.40. The molecule has 2 atom stereocenters. The third-order valence-electron chi connectivity index (χ3n) is 4.99. The van der Waals surface area contributed by atoms with Crippen molar-refractivity contribution in [2.75, 3.05) is 11.1 Å². The molecule has 1 aliphatic carbocycles. The highest BCUT2D eigenvalue weighted by atomic mass is 32.2. The second-order valence-corrected chi connectivity index (χ2v) is 8.96. The number of amides is 1. The van der Waals surface area contributed by atoms with E-state index in [2.05, 4.69) is 5.32 Å². The summed E-state index contributed by atoms with van der Waals surface area (Å²) in [7, 11) is 0. The molecule has 31 heavy (non-hydrogen) atoms. The Morgan fingerprint density at radius 1 is 1.10 bits per heavy atom. The molecule has 168 valence electrons. The highest BCUT2D eigenvalue weighted by Crippen LogP contribution is 2.43. The zero-order chi connectivity index (χ0) is 22.8. The fourth-order valence-corrected chi connectivity index (χ4v) is 4.36. The lowest BCUT2D eigenvalue weighted by molar-refractivity contribution is -0.305. The zero-order valence-electron chi connectivity index (χ0n) is 16.2. The van der Waals surface area contributed by atoms with Gasteiger partial charge in [0.1, 0.15) is 5.75 Å². The first-order valence-corrected chi connectivity index (χ1v) is 10.8. The van der Waals surface area contributed by atoms with Crippen molar-refractivity contribution < 1.29 is 36.4 Å². The van der Waals surface area contributed by atoms with E-state index in [4.69, 9.17) is 0 Å². The highest BCUT2D eigenvalue weighted by Gasteiger charge is 2.61.